The highest BCUT2D eigenvalue weighted by atomic mass is 35.5. The number of aliphatic hydroxyl groups excluding tert-OH is 1. The fourth-order valence-corrected chi connectivity index (χ4v) is 4.22. The fraction of sp³-hybridized carbons (Fsp3) is 0.368. The van der Waals surface area contributed by atoms with Crippen molar-refractivity contribution in [2.45, 2.75) is 25.3 Å². The first-order chi connectivity index (χ1) is 11.9. The van der Waals surface area contributed by atoms with Crippen molar-refractivity contribution in [2.24, 2.45) is 16.1 Å². The van der Waals surface area contributed by atoms with Gasteiger partial charge in [-0.3, -0.25) is 4.98 Å². The smallest absolute Gasteiger partial charge is 0.283 e. The number of rotatable bonds is 2. The molecule has 0 saturated carbocycles. The summed E-state index contributed by atoms with van der Waals surface area (Å²) in [6.45, 7) is 2.58. The number of benzene rings is 1. The van der Waals surface area contributed by atoms with E-state index < -0.39 is 5.54 Å². The van der Waals surface area contributed by atoms with Crippen LogP contribution in [0.5, 0.6) is 0 Å². The van der Waals surface area contributed by atoms with Crippen LogP contribution in [0.15, 0.2) is 41.7 Å². The van der Waals surface area contributed by atoms with Crippen molar-refractivity contribution in [3.05, 3.63) is 52.8 Å². The zero-order chi connectivity index (χ0) is 17.7. The molecule has 1 unspecified atom stereocenters. The Kier molecular flexibility index (Phi) is 3.74. The molecule has 1 aliphatic heterocycles. The summed E-state index contributed by atoms with van der Waals surface area (Å²) in [5.74, 6) is 0. The highest BCUT2D eigenvalue weighted by molar-refractivity contribution is 6.30. The van der Waals surface area contributed by atoms with Gasteiger partial charge in [0.15, 0.2) is 0 Å². The average Bonchev–Trinajstić information content (AvgIpc) is 2.95. The van der Waals surface area contributed by atoms with Crippen molar-refractivity contribution in [3.63, 3.8) is 0 Å². The van der Waals surface area contributed by atoms with Crippen molar-refractivity contribution in [2.75, 3.05) is 13.2 Å². The number of aromatic nitrogens is 1. The second-order valence-electron chi connectivity index (χ2n) is 7.36. The maximum atomic E-state index is 9.91. The monoisotopic (exact) mass is 357 g/mol. The highest BCUT2D eigenvalue weighted by Gasteiger charge is 2.48. The van der Waals surface area contributed by atoms with E-state index in [1.807, 2.05) is 6.07 Å². The van der Waals surface area contributed by atoms with E-state index in [0.29, 0.717) is 18.1 Å². The zero-order valence-corrected chi connectivity index (χ0v) is 14.8. The van der Waals surface area contributed by atoms with E-state index in [4.69, 9.17) is 22.1 Å². The van der Waals surface area contributed by atoms with Gasteiger partial charge in [0, 0.05) is 24.6 Å². The van der Waals surface area contributed by atoms with Crippen molar-refractivity contribution in [1.29, 1.82) is 0 Å². The summed E-state index contributed by atoms with van der Waals surface area (Å²) in [5.41, 5.74) is 9.31. The van der Waals surface area contributed by atoms with Gasteiger partial charge < -0.3 is 15.6 Å². The van der Waals surface area contributed by atoms with Gasteiger partial charge in [-0.1, -0.05) is 30.7 Å². The molecule has 130 valence electrons. The predicted octanol–water partition coefficient (Wildman–Crippen LogP) is 2.89. The molecule has 2 aliphatic rings. The Labute approximate surface area is 151 Å². The van der Waals surface area contributed by atoms with E-state index in [1.54, 1.807) is 12.4 Å². The lowest BCUT2D eigenvalue weighted by Crippen LogP contribution is -2.42. The third-order valence-electron chi connectivity index (χ3n) is 5.15. The molecule has 0 amide bonds. The van der Waals surface area contributed by atoms with Crippen molar-refractivity contribution in [3.8, 4) is 11.1 Å². The van der Waals surface area contributed by atoms with Gasteiger partial charge in [0.05, 0.1) is 5.02 Å². The molecule has 0 bridgehead atoms. The summed E-state index contributed by atoms with van der Waals surface area (Å²) in [6, 6.07) is 8.40. The maximum Gasteiger partial charge on any atom is 0.283 e. The van der Waals surface area contributed by atoms with E-state index in [2.05, 4.69) is 35.1 Å². The molecule has 25 heavy (non-hydrogen) atoms. The summed E-state index contributed by atoms with van der Waals surface area (Å²) in [5, 5.41) is 10.5. The third-order valence-corrected chi connectivity index (χ3v) is 5.36. The predicted molar refractivity (Wildman–Crippen MR) is 97.4 cm³/mol. The van der Waals surface area contributed by atoms with E-state index >= 15 is 0 Å². The minimum atomic E-state index is -0.544. The molecule has 0 saturated heterocycles. The van der Waals surface area contributed by atoms with E-state index in [0.717, 1.165) is 23.1 Å². The number of fused-ring (bicyclic) bond motifs is 2. The summed E-state index contributed by atoms with van der Waals surface area (Å²) >= 11 is 6.09. The van der Waals surface area contributed by atoms with Crippen LogP contribution in [0.1, 0.15) is 24.5 Å². The Morgan fingerprint density at radius 3 is 2.80 bits per heavy atom. The first kappa shape index (κ1) is 16.4. The largest absolute Gasteiger partial charge is 0.462 e. The molecule has 1 aromatic carbocycles. The molecule has 1 aliphatic carbocycles. The number of nitrogens with zero attached hydrogens (tertiary/aromatic N) is 2. The van der Waals surface area contributed by atoms with Crippen LogP contribution in [-0.2, 0) is 16.7 Å². The Morgan fingerprint density at radius 1 is 1.28 bits per heavy atom. The molecule has 4 rings (SSSR count). The SMILES string of the molecule is C[C@@]1(CO)Cc2ccc(-c3cncc(Cl)c3)cc2C2(COC(N)=N2)C1. The Morgan fingerprint density at radius 2 is 2.12 bits per heavy atom. The van der Waals surface area contributed by atoms with Crippen LogP contribution in [-0.4, -0.2) is 29.3 Å². The Hall–Kier alpha value is -2.11. The lowest BCUT2D eigenvalue weighted by Gasteiger charge is -2.42. The van der Waals surface area contributed by atoms with E-state index in [9.17, 15) is 5.11 Å². The second-order valence-corrected chi connectivity index (χ2v) is 7.79. The number of aliphatic imine (C=N–C) groups is 1. The molecule has 2 aromatic rings. The first-order valence-corrected chi connectivity index (χ1v) is 8.64. The lowest BCUT2D eigenvalue weighted by atomic mass is 9.65. The van der Waals surface area contributed by atoms with Gasteiger partial charge in [-0.05, 0) is 47.1 Å². The van der Waals surface area contributed by atoms with Gasteiger partial charge in [0.25, 0.3) is 6.02 Å². The van der Waals surface area contributed by atoms with Gasteiger partial charge in [-0.15, -0.1) is 0 Å². The van der Waals surface area contributed by atoms with Crippen molar-refractivity contribution < 1.29 is 9.84 Å². The van der Waals surface area contributed by atoms with Crippen LogP contribution >= 0.6 is 11.6 Å². The first-order valence-electron chi connectivity index (χ1n) is 8.26. The van der Waals surface area contributed by atoms with Gasteiger partial charge in [0.2, 0.25) is 0 Å². The second kappa shape index (κ2) is 5.71. The number of aliphatic hydroxyl groups is 1. The summed E-state index contributed by atoms with van der Waals surface area (Å²) in [6.07, 6.45) is 4.91. The van der Waals surface area contributed by atoms with Gasteiger partial charge >= 0.3 is 0 Å². The number of hydrogen-bond donors (Lipinski definition) is 2. The van der Waals surface area contributed by atoms with Crippen LogP contribution in [0.2, 0.25) is 5.02 Å². The minimum absolute atomic E-state index is 0.101. The Balaban J connectivity index is 1.86. The van der Waals surface area contributed by atoms with Gasteiger partial charge in [-0.25, -0.2) is 4.99 Å². The number of ether oxygens (including phenoxy) is 1. The molecular weight excluding hydrogens is 338 g/mol. The average molecular weight is 358 g/mol. The van der Waals surface area contributed by atoms with Crippen LogP contribution in [0.3, 0.4) is 0 Å². The van der Waals surface area contributed by atoms with E-state index in [1.165, 1.54) is 5.56 Å². The molecular formula is C19H20ClN3O2. The third kappa shape index (κ3) is 2.77. The molecule has 2 heterocycles. The van der Waals surface area contributed by atoms with Crippen molar-refractivity contribution >= 4 is 17.6 Å². The number of amidine groups is 1. The summed E-state index contributed by atoms with van der Waals surface area (Å²) < 4.78 is 5.52. The normalized spacial score (nSPS) is 27.7. The molecule has 6 heteroatoms. The highest BCUT2D eigenvalue weighted by Crippen LogP contribution is 2.49. The summed E-state index contributed by atoms with van der Waals surface area (Å²) in [4.78, 5) is 8.81. The molecule has 1 aromatic heterocycles. The Bertz CT molecular complexity index is 869. The number of nitrogens with two attached hydrogens (primary N) is 1. The topological polar surface area (TPSA) is 80.7 Å². The molecule has 3 N–H and O–H groups in total. The minimum Gasteiger partial charge on any atom is -0.462 e. The van der Waals surface area contributed by atoms with Crippen LogP contribution in [0, 0.1) is 5.41 Å². The molecule has 1 spiro atoms. The number of pyridine rings is 1. The molecule has 2 atom stereocenters. The number of halogens is 1. The van der Waals surface area contributed by atoms with Gasteiger partial charge in [0.1, 0.15) is 12.1 Å². The number of hydrogen-bond acceptors (Lipinski definition) is 5. The van der Waals surface area contributed by atoms with Gasteiger partial charge in [-0.2, -0.15) is 0 Å². The van der Waals surface area contributed by atoms with Crippen LogP contribution in [0.4, 0.5) is 0 Å². The molecule has 5 nitrogen and oxygen atoms in total. The maximum absolute atomic E-state index is 9.91. The quantitative estimate of drug-likeness (QED) is 0.866. The van der Waals surface area contributed by atoms with E-state index in [-0.39, 0.29) is 18.0 Å². The fourth-order valence-electron chi connectivity index (χ4n) is 4.05. The zero-order valence-electron chi connectivity index (χ0n) is 14.0. The summed E-state index contributed by atoms with van der Waals surface area (Å²) in [7, 11) is 0. The van der Waals surface area contributed by atoms with Crippen LogP contribution < -0.4 is 5.73 Å². The molecule has 0 fully saturated rings. The standard InChI is InChI=1S/C19H20ClN3O2/c1-18(10-24)6-13-3-2-12(14-4-15(20)8-22-7-14)5-16(13)19(9-18)11-25-17(21)23-19/h2-5,7-8,24H,6,9-11H2,1H3,(H2,21,23)/t18-,19?/m1/s1. The lowest BCUT2D eigenvalue weighted by molar-refractivity contribution is 0.0801. The molecule has 0 radical (unpaired) electrons. The van der Waals surface area contributed by atoms with Crippen molar-refractivity contribution in [1.82, 2.24) is 4.98 Å². The van der Waals surface area contributed by atoms with Crippen LogP contribution in [0.25, 0.3) is 11.1 Å².